The summed E-state index contributed by atoms with van der Waals surface area (Å²) < 4.78 is 18.0. The number of rotatable bonds is 5. The average Bonchev–Trinajstić information content (AvgIpc) is 2.27. The molecule has 0 heterocycles. The van der Waals surface area contributed by atoms with Gasteiger partial charge in [-0.1, -0.05) is 6.07 Å². The average molecular weight is 212 g/mol. The number of methoxy groups -OCH3 is 1. The Morgan fingerprint density at radius 2 is 2.27 bits per heavy atom. The molecule has 3 nitrogen and oxygen atoms in total. The summed E-state index contributed by atoms with van der Waals surface area (Å²) in [5.41, 5.74) is 6.45. The van der Waals surface area contributed by atoms with E-state index in [1.54, 1.807) is 12.1 Å². The fraction of sp³-hybridized carbons (Fsp3) is 0.455. The van der Waals surface area contributed by atoms with Crippen molar-refractivity contribution in [1.82, 2.24) is 5.32 Å². The molecule has 0 aliphatic rings. The van der Waals surface area contributed by atoms with Crippen molar-refractivity contribution in [2.45, 2.75) is 19.5 Å². The van der Waals surface area contributed by atoms with E-state index < -0.39 is 0 Å². The molecule has 1 aromatic rings. The van der Waals surface area contributed by atoms with Crippen molar-refractivity contribution in [3.05, 3.63) is 29.6 Å². The lowest BCUT2D eigenvalue weighted by Crippen LogP contribution is -2.32. The minimum absolute atomic E-state index is 0.251. The van der Waals surface area contributed by atoms with Crippen LogP contribution < -0.4 is 15.8 Å². The van der Waals surface area contributed by atoms with Gasteiger partial charge >= 0.3 is 0 Å². The van der Waals surface area contributed by atoms with Gasteiger partial charge in [-0.25, -0.2) is 4.39 Å². The topological polar surface area (TPSA) is 47.3 Å². The molecule has 1 atom stereocenters. The Morgan fingerprint density at radius 1 is 1.53 bits per heavy atom. The van der Waals surface area contributed by atoms with E-state index in [-0.39, 0.29) is 17.6 Å². The van der Waals surface area contributed by atoms with E-state index in [1.165, 1.54) is 13.2 Å². The lowest BCUT2D eigenvalue weighted by molar-refractivity contribution is 0.385. The van der Waals surface area contributed by atoms with Crippen LogP contribution in [0.2, 0.25) is 0 Å². The second kappa shape index (κ2) is 5.68. The molecule has 0 aliphatic heterocycles. The lowest BCUT2D eigenvalue weighted by Gasteiger charge is -2.11. The largest absolute Gasteiger partial charge is 0.494 e. The molecular formula is C11H17FN2O. The van der Waals surface area contributed by atoms with Crippen LogP contribution >= 0.6 is 0 Å². The van der Waals surface area contributed by atoms with Crippen molar-refractivity contribution >= 4 is 0 Å². The monoisotopic (exact) mass is 212 g/mol. The normalized spacial score (nSPS) is 12.5. The third-order valence-electron chi connectivity index (χ3n) is 2.22. The first-order valence-corrected chi connectivity index (χ1v) is 4.93. The van der Waals surface area contributed by atoms with Gasteiger partial charge in [0.1, 0.15) is 0 Å². The molecule has 15 heavy (non-hydrogen) atoms. The SMILES string of the molecule is COc1cc(CN[C@H](C)CN)ccc1F. The van der Waals surface area contributed by atoms with Crippen LogP contribution in [0.3, 0.4) is 0 Å². The summed E-state index contributed by atoms with van der Waals surface area (Å²) in [5.74, 6) is -0.0668. The van der Waals surface area contributed by atoms with Crippen molar-refractivity contribution in [1.29, 1.82) is 0 Å². The fourth-order valence-corrected chi connectivity index (χ4v) is 1.19. The lowest BCUT2D eigenvalue weighted by atomic mass is 10.2. The summed E-state index contributed by atoms with van der Waals surface area (Å²) in [7, 11) is 1.46. The van der Waals surface area contributed by atoms with Crippen LogP contribution in [0.4, 0.5) is 4.39 Å². The second-order valence-corrected chi connectivity index (χ2v) is 3.49. The minimum atomic E-state index is -0.340. The molecule has 4 heteroatoms. The first kappa shape index (κ1) is 11.9. The van der Waals surface area contributed by atoms with Crippen molar-refractivity contribution in [3.8, 4) is 5.75 Å². The van der Waals surface area contributed by atoms with Crippen LogP contribution in [0.15, 0.2) is 18.2 Å². The Labute approximate surface area is 89.4 Å². The Bertz CT molecular complexity index is 317. The Morgan fingerprint density at radius 3 is 2.87 bits per heavy atom. The summed E-state index contributed by atoms with van der Waals surface area (Å²) in [6.07, 6.45) is 0. The van der Waals surface area contributed by atoms with E-state index >= 15 is 0 Å². The summed E-state index contributed by atoms with van der Waals surface area (Å²) in [4.78, 5) is 0. The highest BCUT2D eigenvalue weighted by atomic mass is 19.1. The number of nitrogens with two attached hydrogens (primary N) is 1. The number of benzene rings is 1. The van der Waals surface area contributed by atoms with E-state index in [9.17, 15) is 4.39 Å². The van der Waals surface area contributed by atoms with Crippen molar-refractivity contribution < 1.29 is 9.13 Å². The maximum Gasteiger partial charge on any atom is 0.165 e. The van der Waals surface area contributed by atoms with Gasteiger partial charge in [-0.3, -0.25) is 0 Å². The van der Waals surface area contributed by atoms with Crippen LogP contribution in [0, 0.1) is 5.82 Å². The van der Waals surface area contributed by atoms with Crippen molar-refractivity contribution in [2.75, 3.05) is 13.7 Å². The molecule has 0 amide bonds. The van der Waals surface area contributed by atoms with Crippen LogP contribution in [0.1, 0.15) is 12.5 Å². The molecule has 0 unspecified atom stereocenters. The van der Waals surface area contributed by atoms with Gasteiger partial charge < -0.3 is 15.8 Å². The quantitative estimate of drug-likeness (QED) is 0.772. The van der Waals surface area contributed by atoms with Crippen LogP contribution in [0.25, 0.3) is 0 Å². The number of ether oxygens (including phenoxy) is 1. The molecule has 1 aromatic carbocycles. The Kier molecular flexibility index (Phi) is 4.52. The molecule has 0 fully saturated rings. The maximum atomic E-state index is 13.1. The van der Waals surface area contributed by atoms with E-state index in [1.807, 2.05) is 6.92 Å². The minimum Gasteiger partial charge on any atom is -0.494 e. The van der Waals surface area contributed by atoms with Gasteiger partial charge in [-0.05, 0) is 24.6 Å². The molecule has 0 saturated heterocycles. The third-order valence-corrected chi connectivity index (χ3v) is 2.22. The molecule has 0 aliphatic carbocycles. The standard InChI is InChI=1S/C11H17FN2O/c1-8(6-13)14-7-9-3-4-10(12)11(5-9)15-2/h3-5,8,14H,6-7,13H2,1-2H3/t8-/m1/s1. The first-order chi connectivity index (χ1) is 7.17. The van der Waals surface area contributed by atoms with Crippen LogP contribution in [0.5, 0.6) is 5.75 Å². The van der Waals surface area contributed by atoms with Gasteiger partial charge in [0, 0.05) is 19.1 Å². The van der Waals surface area contributed by atoms with Crippen molar-refractivity contribution in [2.24, 2.45) is 5.73 Å². The zero-order chi connectivity index (χ0) is 11.3. The summed E-state index contributed by atoms with van der Waals surface area (Å²) in [6, 6.07) is 5.07. The zero-order valence-corrected chi connectivity index (χ0v) is 9.09. The molecule has 0 saturated carbocycles. The third kappa shape index (κ3) is 3.49. The molecule has 0 spiro atoms. The molecular weight excluding hydrogens is 195 g/mol. The van der Waals surface area contributed by atoms with Gasteiger partial charge in [0.15, 0.2) is 11.6 Å². The Hall–Kier alpha value is -1.13. The summed E-state index contributed by atoms with van der Waals surface area (Å²) in [5, 5.41) is 3.22. The zero-order valence-electron chi connectivity index (χ0n) is 9.09. The maximum absolute atomic E-state index is 13.1. The number of hydrogen-bond donors (Lipinski definition) is 2. The Balaban J connectivity index is 2.62. The van der Waals surface area contributed by atoms with Crippen molar-refractivity contribution in [3.63, 3.8) is 0 Å². The van der Waals surface area contributed by atoms with Crippen LogP contribution in [-0.4, -0.2) is 19.7 Å². The molecule has 84 valence electrons. The van der Waals surface area contributed by atoms with E-state index in [4.69, 9.17) is 10.5 Å². The van der Waals surface area contributed by atoms with Gasteiger partial charge in [0.05, 0.1) is 7.11 Å². The molecule has 1 rings (SSSR count). The summed E-state index contributed by atoms with van der Waals surface area (Å²) in [6.45, 7) is 3.24. The van der Waals surface area contributed by atoms with E-state index in [0.29, 0.717) is 13.1 Å². The smallest absolute Gasteiger partial charge is 0.165 e. The molecule has 3 N–H and O–H groups in total. The highest BCUT2D eigenvalue weighted by Crippen LogP contribution is 2.17. The van der Waals surface area contributed by atoms with E-state index in [0.717, 1.165) is 5.56 Å². The number of halogens is 1. The molecule has 0 aromatic heterocycles. The second-order valence-electron chi connectivity index (χ2n) is 3.49. The first-order valence-electron chi connectivity index (χ1n) is 4.93. The van der Waals surface area contributed by atoms with Gasteiger partial charge in [-0.2, -0.15) is 0 Å². The van der Waals surface area contributed by atoms with Gasteiger partial charge in [-0.15, -0.1) is 0 Å². The molecule has 0 bridgehead atoms. The highest BCUT2D eigenvalue weighted by Gasteiger charge is 2.04. The fourth-order valence-electron chi connectivity index (χ4n) is 1.19. The van der Waals surface area contributed by atoms with E-state index in [2.05, 4.69) is 5.32 Å². The van der Waals surface area contributed by atoms with Crippen LogP contribution in [-0.2, 0) is 6.54 Å². The van der Waals surface area contributed by atoms with Gasteiger partial charge in [0.2, 0.25) is 0 Å². The van der Waals surface area contributed by atoms with Gasteiger partial charge in [0.25, 0.3) is 0 Å². The molecule has 0 radical (unpaired) electrons. The summed E-state index contributed by atoms with van der Waals surface area (Å²) >= 11 is 0. The number of nitrogens with one attached hydrogen (secondary N) is 1. The highest BCUT2D eigenvalue weighted by molar-refractivity contribution is 5.30. The predicted octanol–water partition coefficient (Wildman–Crippen LogP) is 1.27. The predicted molar refractivity (Wildman–Crippen MR) is 58.3 cm³/mol. The number of hydrogen-bond acceptors (Lipinski definition) is 3.